The first-order valence-corrected chi connectivity index (χ1v) is 8.28. The van der Waals surface area contributed by atoms with Crippen LogP contribution in [0.15, 0.2) is 24.3 Å². The van der Waals surface area contributed by atoms with Crippen LogP contribution < -0.4 is 10.1 Å². The summed E-state index contributed by atoms with van der Waals surface area (Å²) < 4.78 is 5.66. The summed E-state index contributed by atoms with van der Waals surface area (Å²) >= 11 is 1.88. The average Bonchev–Trinajstić information content (AvgIpc) is 2.69. The van der Waals surface area contributed by atoms with Crippen LogP contribution in [0.2, 0.25) is 0 Å². The Bertz CT molecular complexity index is 440. The highest BCUT2D eigenvalue weighted by Gasteiger charge is 2.18. The molecule has 0 spiro atoms. The number of nitrogens with zero attached hydrogens (tertiary/aromatic N) is 1. The fourth-order valence-corrected chi connectivity index (χ4v) is 2.83. The van der Waals surface area contributed by atoms with Gasteiger partial charge >= 0.3 is 6.03 Å². The number of hydrogen-bond donors (Lipinski definition) is 1. The number of nitrogens with one attached hydrogen (secondary N) is 1. The molecule has 5 heteroatoms. The molecule has 0 fully saturated rings. The molecule has 0 aromatic heterocycles. The van der Waals surface area contributed by atoms with E-state index >= 15 is 0 Å². The van der Waals surface area contributed by atoms with Crippen LogP contribution in [-0.2, 0) is 6.54 Å². The highest BCUT2D eigenvalue weighted by atomic mass is 32.2. The topological polar surface area (TPSA) is 41.6 Å². The number of ether oxygens (including phenoxy) is 1. The van der Waals surface area contributed by atoms with Gasteiger partial charge in [-0.25, -0.2) is 4.79 Å². The molecule has 20 heavy (non-hydrogen) atoms. The lowest BCUT2D eigenvalue weighted by atomic mass is 10.2. The third-order valence-corrected chi connectivity index (χ3v) is 4.30. The zero-order valence-electron chi connectivity index (χ0n) is 11.9. The van der Waals surface area contributed by atoms with E-state index < -0.39 is 0 Å². The third-order valence-electron chi connectivity index (χ3n) is 3.11. The maximum atomic E-state index is 12.1. The summed E-state index contributed by atoms with van der Waals surface area (Å²) in [6.45, 7) is 4.69. The lowest BCUT2D eigenvalue weighted by Gasteiger charge is -2.20. The van der Waals surface area contributed by atoms with Crippen molar-refractivity contribution >= 4 is 17.8 Å². The Morgan fingerprint density at radius 2 is 2.25 bits per heavy atom. The zero-order valence-corrected chi connectivity index (χ0v) is 12.7. The van der Waals surface area contributed by atoms with Gasteiger partial charge in [-0.2, -0.15) is 11.8 Å². The van der Waals surface area contributed by atoms with E-state index in [4.69, 9.17) is 4.74 Å². The summed E-state index contributed by atoms with van der Waals surface area (Å²) in [6, 6.07) is 7.91. The number of carbonyl (C=O) groups excluding carboxylic acids is 1. The van der Waals surface area contributed by atoms with Gasteiger partial charge in [-0.15, -0.1) is 0 Å². The van der Waals surface area contributed by atoms with E-state index in [0.29, 0.717) is 19.7 Å². The minimum absolute atomic E-state index is 0.00222. The summed E-state index contributed by atoms with van der Waals surface area (Å²) in [5.74, 6) is 3.02. The van der Waals surface area contributed by atoms with Crippen LogP contribution in [0.5, 0.6) is 5.75 Å². The summed E-state index contributed by atoms with van der Waals surface area (Å²) in [5.41, 5.74) is 1.07. The Labute approximate surface area is 124 Å². The zero-order chi connectivity index (χ0) is 14.2. The van der Waals surface area contributed by atoms with Crippen LogP contribution in [-0.4, -0.2) is 42.1 Å². The lowest BCUT2D eigenvalue weighted by Crippen LogP contribution is -2.41. The molecule has 0 radical (unpaired) electrons. The number of rotatable bonds is 5. The Balaban J connectivity index is 1.82. The van der Waals surface area contributed by atoms with Gasteiger partial charge in [-0.05, 0) is 18.2 Å². The fraction of sp³-hybridized carbons (Fsp3) is 0.533. The summed E-state index contributed by atoms with van der Waals surface area (Å²) in [7, 11) is 0. The van der Waals surface area contributed by atoms with Crippen molar-refractivity contribution in [2.45, 2.75) is 19.9 Å². The quantitative estimate of drug-likeness (QED) is 0.849. The first kappa shape index (κ1) is 15.0. The fourth-order valence-electron chi connectivity index (χ4n) is 2.09. The van der Waals surface area contributed by atoms with Crippen molar-refractivity contribution in [3.05, 3.63) is 29.8 Å². The predicted molar refractivity (Wildman–Crippen MR) is 83.4 cm³/mol. The van der Waals surface area contributed by atoms with Crippen molar-refractivity contribution in [3.63, 3.8) is 0 Å². The van der Waals surface area contributed by atoms with Gasteiger partial charge < -0.3 is 15.0 Å². The smallest absolute Gasteiger partial charge is 0.317 e. The van der Waals surface area contributed by atoms with E-state index in [1.165, 1.54) is 6.42 Å². The van der Waals surface area contributed by atoms with E-state index in [0.717, 1.165) is 29.4 Å². The Morgan fingerprint density at radius 3 is 3.10 bits per heavy atom. The summed E-state index contributed by atoms with van der Waals surface area (Å²) in [5, 5.41) is 2.98. The number of carbonyl (C=O) groups is 1. The van der Waals surface area contributed by atoms with Gasteiger partial charge in [-0.1, -0.05) is 25.1 Å². The number of benzene rings is 1. The molecule has 0 unspecified atom stereocenters. The Hall–Kier alpha value is -1.36. The minimum atomic E-state index is 0.00222. The van der Waals surface area contributed by atoms with Gasteiger partial charge in [0.1, 0.15) is 12.4 Å². The van der Waals surface area contributed by atoms with Crippen molar-refractivity contribution in [1.29, 1.82) is 0 Å². The van der Waals surface area contributed by atoms with Crippen LogP contribution in [0.1, 0.15) is 18.9 Å². The van der Waals surface area contributed by atoms with Gasteiger partial charge in [0, 0.05) is 17.9 Å². The normalized spacial score (nSPS) is 14.2. The van der Waals surface area contributed by atoms with Crippen molar-refractivity contribution in [1.82, 2.24) is 10.2 Å². The first-order valence-electron chi connectivity index (χ1n) is 7.12. The maximum absolute atomic E-state index is 12.1. The largest absolute Gasteiger partial charge is 0.491 e. The second-order valence-electron chi connectivity index (χ2n) is 4.72. The van der Waals surface area contributed by atoms with Gasteiger partial charge in [0.25, 0.3) is 0 Å². The molecule has 1 aromatic rings. The van der Waals surface area contributed by atoms with Gasteiger partial charge in [0.15, 0.2) is 0 Å². The van der Waals surface area contributed by atoms with Crippen molar-refractivity contribution in [2.24, 2.45) is 0 Å². The molecule has 2 amide bonds. The molecule has 0 saturated carbocycles. The van der Waals surface area contributed by atoms with Crippen molar-refractivity contribution < 1.29 is 9.53 Å². The molecule has 0 bridgehead atoms. The standard InChI is InChI=1S/C15H22N2O2S/c1-2-10-20-11-7-16-15(18)17-8-9-19-14-6-4-3-5-13(14)12-17/h3-6H,2,7-12H2,1H3,(H,16,18). The Morgan fingerprint density at radius 1 is 1.40 bits per heavy atom. The van der Waals surface area contributed by atoms with Crippen LogP contribution in [0, 0.1) is 0 Å². The molecular weight excluding hydrogens is 272 g/mol. The molecule has 1 aliphatic heterocycles. The second kappa shape index (κ2) is 8.04. The highest BCUT2D eigenvalue weighted by Crippen LogP contribution is 2.22. The number of fused-ring (bicyclic) bond motifs is 1. The molecule has 2 rings (SSSR count). The number of amides is 2. The average molecular weight is 294 g/mol. The van der Waals surface area contributed by atoms with Gasteiger partial charge in [-0.3, -0.25) is 0 Å². The Kier molecular flexibility index (Phi) is 6.05. The van der Waals surface area contributed by atoms with Crippen LogP contribution in [0.25, 0.3) is 0 Å². The number of hydrogen-bond acceptors (Lipinski definition) is 3. The van der Waals surface area contributed by atoms with E-state index in [1.54, 1.807) is 0 Å². The van der Waals surface area contributed by atoms with Crippen LogP contribution >= 0.6 is 11.8 Å². The monoisotopic (exact) mass is 294 g/mol. The van der Waals surface area contributed by atoms with Crippen LogP contribution in [0.4, 0.5) is 4.79 Å². The molecule has 0 atom stereocenters. The molecule has 1 aromatic carbocycles. The second-order valence-corrected chi connectivity index (χ2v) is 5.95. The summed E-state index contributed by atoms with van der Waals surface area (Å²) in [6.07, 6.45) is 1.18. The molecule has 0 aliphatic carbocycles. The van der Waals surface area contributed by atoms with Crippen molar-refractivity contribution in [2.75, 3.05) is 31.2 Å². The SMILES string of the molecule is CCCSCCNC(=O)N1CCOc2ccccc2C1. The number of thioether (sulfide) groups is 1. The van der Waals surface area contributed by atoms with E-state index in [2.05, 4.69) is 12.2 Å². The molecule has 110 valence electrons. The molecule has 1 aliphatic rings. The molecule has 1 N–H and O–H groups in total. The molecular formula is C15H22N2O2S. The van der Waals surface area contributed by atoms with Gasteiger partial charge in [0.05, 0.1) is 13.1 Å². The number of para-hydroxylation sites is 1. The predicted octanol–water partition coefficient (Wildman–Crippen LogP) is 2.73. The first-order chi connectivity index (χ1) is 9.81. The van der Waals surface area contributed by atoms with E-state index in [1.807, 2.05) is 40.9 Å². The third kappa shape index (κ3) is 4.34. The summed E-state index contributed by atoms with van der Waals surface area (Å²) in [4.78, 5) is 14.0. The van der Waals surface area contributed by atoms with E-state index in [-0.39, 0.29) is 6.03 Å². The lowest BCUT2D eigenvalue weighted by molar-refractivity contribution is 0.188. The molecule has 4 nitrogen and oxygen atoms in total. The number of urea groups is 1. The maximum Gasteiger partial charge on any atom is 0.317 e. The van der Waals surface area contributed by atoms with Crippen molar-refractivity contribution in [3.8, 4) is 5.75 Å². The van der Waals surface area contributed by atoms with Gasteiger partial charge in [0.2, 0.25) is 0 Å². The van der Waals surface area contributed by atoms with Crippen LogP contribution in [0.3, 0.4) is 0 Å². The minimum Gasteiger partial charge on any atom is -0.491 e. The molecule has 0 saturated heterocycles. The van der Waals surface area contributed by atoms with E-state index in [9.17, 15) is 4.79 Å². The molecule has 1 heterocycles. The highest BCUT2D eigenvalue weighted by molar-refractivity contribution is 7.99.